The summed E-state index contributed by atoms with van der Waals surface area (Å²) in [5.41, 5.74) is 10.7. The smallest absolute Gasteiger partial charge is 0.0799 e. The summed E-state index contributed by atoms with van der Waals surface area (Å²) >= 11 is 0. The van der Waals surface area contributed by atoms with E-state index in [0.29, 0.717) is 11.8 Å². The van der Waals surface area contributed by atoms with E-state index < -0.39 is 24.2 Å². The van der Waals surface area contributed by atoms with Gasteiger partial charge in [0.1, 0.15) is 0 Å². The Morgan fingerprint density at radius 3 is 1.35 bits per heavy atom. The predicted molar refractivity (Wildman–Crippen MR) is 257 cm³/mol. The summed E-state index contributed by atoms with van der Waals surface area (Å²) in [5.74, 6) is 1.01. The third kappa shape index (κ3) is 16.1. The molecule has 3 radical (unpaired) electrons. The van der Waals surface area contributed by atoms with Crippen molar-refractivity contribution >= 4 is 39.8 Å². The zero-order valence-corrected chi connectivity index (χ0v) is 48.5. The maximum Gasteiger partial charge on any atom is 0.0799 e. The van der Waals surface area contributed by atoms with Gasteiger partial charge in [-0.15, -0.1) is 108 Å². The first kappa shape index (κ1) is 55.7. The molecular weight excluding hydrogens is 1320 g/mol. The largest absolute Gasteiger partial charge is 0.305 e. The van der Waals surface area contributed by atoms with Crippen molar-refractivity contribution in [1.82, 2.24) is 15.0 Å². The van der Waals surface area contributed by atoms with Crippen LogP contribution in [0.15, 0.2) is 110 Å². The molecule has 3 aromatic heterocycles. The van der Waals surface area contributed by atoms with Crippen LogP contribution in [0.25, 0.3) is 33.8 Å². The van der Waals surface area contributed by atoms with Crippen molar-refractivity contribution in [3.63, 3.8) is 0 Å². The van der Waals surface area contributed by atoms with E-state index >= 15 is 0 Å². The fourth-order valence-electron chi connectivity index (χ4n) is 6.72. The second kappa shape index (κ2) is 25.1. The van der Waals surface area contributed by atoms with E-state index in [1.807, 2.05) is 54.6 Å². The number of pyridine rings is 3. The molecule has 0 amide bonds. The maximum absolute atomic E-state index is 4.74. The summed E-state index contributed by atoms with van der Waals surface area (Å²) in [7, 11) is -3.96. The summed E-state index contributed by atoms with van der Waals surface area (Å²) in [6.45, 7) is 32.6. The first-order chi connectivity index (χ1) is 26.8. The van der Waals surface area contributed by atoms with Crippen LogP contribution in [0.3, 0.4) is 0 Å². The molecule has 0 bridgehead atoms. The van der Waals surface area contributed by atoms with E-state index in [2.05, 4.69) is 177 Å². The van der Waals surface area contributed by atoms with E-state index in [-0.39, 0.29) is 60.3 Å². The number of nitrogens with zero attached hydrogens (tertiary/aromatic N) is 3. The molecule has 0 saturated carbocycles. The first-order valence-electron chi connectivity index (χ1n) is 20.7. The van der Waals surface area contributed by atoms with Crippen LogP contribution in [0.2, 0.25) is 58.9 Å². The van der Waals surface area contributed by atoms with Gasteiger partial charge in [0, 0.05) is 78.9 Å². The quantitative estimate of drug-likeness (QED) is 0.101. The zero-order valence-electron chi connectivity index (χ0n) is 38.3. The van der Waals surface area contributed by atoms with E-state index in [1.165, 1.54) is 38.7 Å². The molecule has 6 aromatic rings. The average Bonchev–Trinajstić information content (AvgIpc) is 3.18. The molecule has 3 aromatic carbocycles. The van der Waals surface area contributed by atoms with Crippen LogP contribution in [0, 0.1) is 18.2 Å². The van der Waals surface area contributed by atoms with Crippen LogP contribution in [0.4, 0.5) is 0 Å². The SMILES string of the molecule is CC(C)c1cc(-c2[c-]cccc2)ncc1[Si](C)(C)C.CC(C)c1cc([Si](C)(C)C)cnc1-c1[c-]cccc1.CCCc1cc(-c2[c-]cccc2)ncc1[Si](C)(C)C.[Ir].[Ir].[Ir]. The minimum atomic E-state index is -1.34. The van der Waals surface area contributed by atoms with Crippen LogP contribution in [0.5, 0.6) is 0 Å². The molecule has 0 aliphatic rings. The Hall–Kier alpha value is -2.29. The van der Waals surface area contributed by atoms with Crippen molar-refractivity contribution in [3.8, 4) is 33.8 Å². The van der Waals surface area contributed by atoms with Gasteiger partial charge in [-0.2, -0.15) is 0 Å². The van der Waals surface area contributed by atoms with E-state index in [9.17, 15) is 0 Å². The molecule has 327 valence electrons. The van der Waals surface area contributed by atoms with Gasteiger partial charge in [-0.05, 0) is 50.9 Å². The van der Waals surface area contributed by atoms with Crippen LogP contribution in [-0.4, -0.2) is 39.2 Å². The third-order valence-electron chi connectivity index (χ3n) is 10.0. The van der Waals surface area contributed by atoms with Gasteiger partial charge in [0.25, 0.3) is 0 Å². The number of hydrogen-bond donors (Lipinski definition) is 0. The maximum atomic E-state index is 4.74. The van der Waals surface area contributed by atoms with Crippen LogP contribution in [0.1, 0.15) is 69.6 Å². The van der Waals surface area contributed by atoms with Gasteiger partial charge < -0.3 is 15.0 Å². The predicted octanol–water partition coefficient (Wildman–Crippen LogP) is 12.5. The Balaban J connectivity index is 0.000000439. The fourth-order valence-corrected chi connectivity index (χ4v) is 11.1. The van der Waals surface area contributed by atoms with Gasteiger partial charge >= 0.3 is 0 Å². The van der Waals surface area contributed by atoms with Gasteiger partial charge in [0.15, 0.2) is 0 Å². The number of hydrogen-bond acceptors (Lipinski definition) is 3. The molecule has 0 spiro atoms. The Labute approximate surface area is 408 Å². The molecule has 0 atom stereocenters. The Morgan fingerprint density at radius 1 is 0.500 bits per heavy atom. The molecule has 0 fully saturated rings. The Kier molecular flexibility index (Phi) is 23.3. The number of rotatable bonds is 10. The number of aryl methyl sites for hydroxylation is 1. The molecule has 0 aliphatic heterocycles. The van der Waals surface area contributed by atoms with Crippen molar-refractivity contribution in [2.24, 2.45) is 0 Å². The van der Waals surface area contributed by atoms with Gasteiger partial charge in [-0.3, -0.25) is 0 Å². The van der Waals surface area contributed by atoms with E-state index in [0.717, 1.165) is 40.2 Å². The van der Waals surface area contributed by atoms with Crippen LogP contribution < -0.4 is 15.6 Å². The zero-order chi connectivity index (χ0) is 42.0. The second-order valence-corrected chi connectivity index (χ2v) is 33.8. The monoisotopic (exact) mass is 1380 g/mol. The van der Waals surface area contributed by atoms with Gasteiger partial charge in [0.05, 0.1) is 24.2 Å². The summed E-state index contributed by atoms with van der Waals surface area (Å²) in [5, 5.41) is 4.40. The standard InChI is InChI=1S/3C17H22NSi.3Ir/c1-13(2)15-11-16(14-9-7-6-8-10-14)18-12-17(15)19(3,4)5;1-13(2)16-11-15(19(3,4)5)12-18-17(16)14-9-7-6-8-10-14;1-5-9-15-12-16(14-10-7-6-8-11-14)18-13-17(15)19(2,3)4;;;/h2*6-9,11-13H,1-5H3;6-8,10,12-13H,5,9H2,1-4H3;;;/q3*-1;;;. The molecule has 3 heterocycles. The van der Waals surface area contributed by atoms with Crippen molar-refractivity contribution in [1.29, 1.82) is 0 Å². The van der Waals surface area contributed by atoms with Gasteiger partial charge in [0.2, 0.25) is 0 Å². The molecule has 9 heteroatoms. The molecule has 0 aliphatic carbocycles. The number of benzene rings is 3. The van der Waals surface area contributed by atoms with Crippen molar-refractivity contribution in [2.45, 2.75) is 118 Å². The molecule has 0 N–H and O–H groups in total. The van der Waals surface area contributed by atoms with Crippen molar-refractivity contribution < 1.29 is 60.3 Å². The molecule has 0 saturated heterocycles. The molecule has 6 rings (SSSR count). The fraction of sp³-hybridized carbons (Fsp3) is 0.353. The minimum Gasteiger partial charge on any atom is -0.305 e. The Morgan fingerprint density at radius 2 is 0.950 bits per heavy atom. The molecular formula is C51H66Ir3N3Si3-3. The van der Waals surface area contributed by atoms with Gasteiger partial charge in [-0.1, -0.05) is 135 Å². The summed E-state index contributed by atoms with van der Waals surface area (Å²) in [4.78, 5) is 14.1. The van der Waals surface area contributed by atoms with Crippen LogP contribution in [-0.2, 0) is 66.7 Å². The summed E-state index contributed by atoms with van der Waals surface area (Å²) < 4.78 is 0. The molecule has 3 nitrogen and oxygen atoms in total. The van der Waals surface area contributed by atoms with Crippen molar-refractivity contribution in [2.75, 3.05) is 0 Å². The van der Waals surface area contributed by atoms with Gasteiger partial charge in [-0.25, -0.2) is 0 Å². The second-order valence-electron chi connectivity index (χ2n) is 18.7. The summed E-state index contributed by atoms with van der Waals surface area (Å²) in [6, 6.07) is 40.9. The number of aromatic nitrogens is 3. The topological polar surface area (TPSA) is 38.7 Å². The normalized spacial score (nSPS) is 11.2. The van der Waals surface area contributed by atoms with E-state index in [4.69, 9.17) is 4.98 Å². The minimum absolute atomic E-state index is 0. The molecule has 0 unspecified atom stereocenters. The Bertz CT molecular complexity index is 2160. The van der Waals surface area contributed by atoms with Crippen LogP contribution >= 0.6 is 0 Å². The van der Waals surface area contributed by atoms with Crippen molar-refractivity contribution in [3.05, 3.63) is 144 Å². The van der Waals surface area contributed by atoms with E-state index in [1.54, 1.807) is 0 Å². The average molecular weight is 1380 g/mol. The third-order valence-corrected chi connectivity index (χ3v) is 16.1. The first-order valence-corrected chi connectivity index (χ1v) is 31.2. The summed E-state index contributed by atoms with van der Waals surface area (Å²) in [6.07, 6.45) is 8.58. The molecule has 60 heavy (non-hydrogen) atoms.